The lowest BCUT2D eigenvalue weighted by Crippen LogP contribution is -2.46. The first-order valence-electron chi connectivity index (χ1n) is 10.2. The lowest BCUT2D eigenvalue weighted by atomic mass is 9.80. The third kappa shape index (κ3) is 3.29. The van der Waals surface area contributed by atoms with Crippen LogP contribution in [0.5, 0.6) is 0 Å². The summed E-state index contributed by atoms with van der Waals surface area (Å²) in [7, 11) is 0. The van der Waals surface area contributed by atoms with Gasteiger partial charge in [-0.3, -0.25) is 14.4 Å². The minimum absolute atomic E-state index is 0.0733. The average Bonchev–Trinajstić information content (AvgIpc) is 3.32. The minimum atomic E-state index is -0.619. The van der Waals surface area contributed by atoms with E-state index in [4.69, 9.17) is 5.73 Å². The van der Waals surface area contributed by atoms with E-state index in [2.05, 4.69) is 10.3 Å². The van der Waals surface area contributed by atoms with Gasteiger partial charge in [-0.15, -0.1) is 11.3 Å². The fraction of sp³-hybridized carbons (Fsp3) is 0.455. The molecule has 1 aliphatic carbocycles. The van der Waals surface area contributed by atoms with Gasteiger partial charge < -0.3 is 16.0 Å². The third-order valence-electron chi connectivity index (χ3n) is 6.32. The minimum Gasteiger partial charge on any atom is -0.369 e. The van der Waals surface area contributed by atoms with Gasteiger partial charge in [0, 0.05) is 24.7 Å². The molecule has 7 nitrogen and oxygen atoms in total. The molecule has 1 saturated carbocycles. The van der Waals surface area contributed by atoms with Crippen LogP contribution >= 0.6 is 11.3 Å². The van der Waals surface area contributed by atoms with Gasteiger partial charge in [0.25, 0.3) is 5.91 Å². The Hall–Kier alpha value is -2.74. The first kappa shape index (κ1) is 20.5. The number of nitrogens with two attached hydrogens (primary N) is 1. The summed E-state index contributed by atoms with van der Waals surface area (Å²) in [5, 5.41) is 3.57. The first-order chi connectivity index (χ1) is 14.2. The first-order valence-corrected chi connectivity index (χ1v) is 11.0. The number of likely N-dealkylation sites (tertiary alicyclic amines) is 1. The molecule has 2 aromatic rings. The molecule has 3 amide bonds. The smallest absolute Gasteiger partial charge is 0.274 e. The number of primary amides is 1. The monoisotopic (exact) mass is 426 g/mol. The number of nitrogens with zero attached hydrogens (tertiary/aromatic N) is 2. The summed E-state index contributed by atoms with van der Waals surface area (Å²) in [5.41, 5.74) is 7.07. The summed E-state index contributed by atoms with van der Waals surface area (Å²) in [6.07, 6.45) is 3.03. The van der Waals surface area contributed by atoms with Crippen molar-refractivity contribution in [1.29, 1.82) is 0 Å². The number of hydrogen-bond donors (Lipinski definition) is 2. The summed E-state index contributed by atoms with van der Waals surface area (Å²) >= 11 is 1.45. The lowest BCUT2D eigenvalue weighted by molar-refractivity contribution is -0.128. The Morgan fingerprint density at radius 2 is 2.10 bits per heavy atom. The fourth-order valence-electron chi connectivity index (χ4n) is 5.19. The van der Waals surface area contributed by atoms with Crippen molar-refractivity contribution < 1.29 is 14.4 Å². The number of benzene rings is 1. The fourth-order valence-corrected chi connectivity index (χ4v) is 6.10. The number of aromatic nitrogens is 1. The molecule has 1 aromatic carbocycles. The number of rotatable bonds is 4. The molecule has 3 N–H and O–H groups in total. The standard InChI is InChI=1S/C22H26N4O3S/c1-12-11-22(21(23)29)9-5-8-17(22)26(12)20(28)18-19(30-14(3)25-18)15-6-4-7-16(10-15)24-13(2)27/h4,6-7,10,12,17H,5,8-9,11H2,1-3H3,(H2,23,29)(H,24,27)/t12-,17-,22-/m0/s1. The van der Waals surface area contributed by atoms with Crippen molar-refractivity contribution in [2.24, 2.45) is 11.1 Å². The van der Waals surface area contributed by atoms with Crippen LogP contribution in [0.2, 0.25) is 0 Å². The van der Waals surface area contributed by atoms with Crippen LogP contribution in [0, 0.1) is 12.3 Å². The van der Waals surface area contributed by atoms with E-state index in [-0.39, 0.29) is 29.8 Å². The zero-order valence-corrected chi connectivity index (χ0v) is 18.2. The zero-order valence-electron chi connectivity index (χ0n) is 17.4. The Morgan fingerprint density at radius 1 is 1.33 bits per heavy atom. The highest BCUT2D eigenvalue weighted by Crippen LogP contribution is 2.51. The van der Waals surface area contributed by atoms with Crippen LogP contribution in [0.1, 0.15) is 55.0 Å². The Bertz CT molecular complexity index is 1030. The number of carbonyl (C=O) groups is 3. The van der Waals surface area contributed by atoms with E-state index in [1.165, 1.54) is 18.3 Å². The molecule has 2 heterocycles. The molecule has 158 valence electrons. The Kier molecular flexibility index (Phi) is 5.13. The van der Waals surface area contributed by atoms with Crippen molar-refractivity contribution in [1.82, 2.24) is 9.88 Å². The van der Waals surface area contributed by atoms with Gasteiger partial charge in [0.15, 0.2) is 0 Å². The van der Waals surface area contributed by atoms with Crippen LogP contribution in [-0.2, 0) is 9.59 Å². The van der Waals surface area contributed by atoms with Crippen molar-refractivity contribution in [3.63, 3.8) is 0 Å². The molecule has 4 rings (SSSR count). The molecule has 0 radical (unpaired) electrons. The van der Waals surface area contributed by atoms with Gasteiger partial charge in [-0.2, -0.15) is 0 Å². The van der Waals surface area contributed by atoms with E-state index in [1.807, 2.05) is 43.0 Å². The third-order valence-corrected chi connectivity index (χ3v) is 7.34. The van der Waals surface area contributed by atoms with Gasteiger partial charge >= 0.3 is 0 Å². The number of fused-ring (bicyclic) bond motifs is 1. The van der Waals surface area contributed by atoms with Crippen LogP contribution in [0.4, 0.5) is 5.69 Å². The summed E-state index contributed by atoms with van der Waals surface area (Å²) in [4.78, 5) is 44.6. The molecule has 2 aliphatic rings. The van der Waals surface area contributed by atoms with Gasteiger partial charge in [-0.05, 0) is 50.8 Å². The highest BCUT2D eigenvalue weighted by atomic mass is 32.1. The molecule has 2 fully saturated rings. The van der Waals surface area contributed by atoms with E-state index in [0.717, 1.165) is 34.7 Å². The largest absolute Gasteiger partial charge is 0.369 e. The number of amides is 3. The van der Waals surface area contributed by atoms with Crippen LogP contribution in [0.25, 0.3) is 10.4 Å². The second kappa shape index (κ2) is 7.50. The predicted molar refractivity (Wildman–Crippen MR) is 116 cm³/mol. The average molecular weight is 427 g/mol. The molecular weight excluding hydrogens is 400 g/mol. The van der Waals surface area contributed by atoms with Crippen LogP contribution in [0.3, 0.4) is 0 Å². The van der Waals surface area contributed by atoms with Crippen molar-refractivity contribution >= 4 is 34.7 Å². The number of aryl methyl sites for hydroxylation is 1. The highest BCUT2D eigenvalue weighted by Gasteiger charge is 2.58. The molecular formula is C22H26N4O3S. The molecule has 0 bridgehead atoms. The maximum atomic E-state index is 13.7. The molecule has 1 saturated heterocycles. The number of nitrogens with one attached hydrogen (secondary N) is 1. The summed E-state index contributed by atoms with van der Waals surface area (Å²) in [6, 6.07) is 7.17. The molecule has 3 atom stereocenters. The van der Waals surface area contributed by atoms with E-state index in [1.54, 1.807) is 0 Å². The predicted octanol–water partition coefficient (Wildman–Crippen LogP) is 3.34. The summed E-state index contributed by atoms with van der Waals surface area (Å²) in [6.45, 7) is 5.32. The van der Waals surface area contributed by atoms with E-state index < -0.39 is 5.41 Å². The maximum Gasteiger partial charge on any atom is 0.274 e. The topological polar surface area (TPSA) is 105 Å². The number of carbonyl (C=O) groups excluding carboxylic acids is 3. The van der Waals surface area contributed by atoms with Crippen molar-refractivity contribution in [3.05, 3.63) is 35.0 Å². The Labute approximate surface area is 179 Å². The van der Waals surface area contributed by atoms with Crippen LogP contribution in [-0.4, -0.2) is 39.7 Å². The molecule has 30 heavy (non-hydrogen) atoms. The van der Waals surface area contributed by atoms with Gasteiger partial charge in [0.2, 0.25) is 11.8 Å². The van der Waals surface area contributed by atoms with E-state index in [9.17, 15) is 14.4 Å². The Balaban J connectivity index is 1.72. The van der Waals surface area contributed by atoms with Crippen LogP contribution in [0.15, 0.2) is 24.3 Å². The summed E-state index contributed by atoms with van der Waals surface area (Å²) in [5.74, 6) is -0.606. The van der Waals surface area contributed by atoms with Crippen molar-refractivity contribution in [2.75, 3.05) is 5.32 Å². The molecule has 1 aromatic heterocycles. The second-order valence-electron chi connectivity index (χ2n) is 8.37. The summed E-state index contributed by atoms with van der Waals surface area (Å²) < 4.78 is 0. The van der Waals surface area contributed by atoms with Gasteiger partial charge in [-0.1, -0.05) is 18.6 Å². The number of hydrogen-bond acceptors (Lipinski definition) is 5. The second-order valence-corrected chi connectivity index (χ2v) is 9.57. The lowest BCUT2D eigenvalue weighted by Gasteiger charge is -2.30. The normalized spacial score (nSPS) is 25.2. The van der Waals surface area contributed by atoms with E-state index in [0.29, 0.717) is 17.8 Å². The Morgan fingerprint density at radius 3 is 2.80 bits per heavy atom. The van der Waals surface area contributed by atoms with Crippen molar-refractivity contribution in [2.45, 2.75) is 58.5 Å². The SMILES string of the molecule is CC(=O)Nc1cccc(-c2sc(C)nc2C(=O)N2[C@H]3CCC[C@]3(C(N)=O)C[C@@H]2C)c1. The highest BCUT2D eigenvalue weighted by molar-refractivity contribution is 7.15. The van der Waals surface area contributed by atoms with Gasteiger partial charge in [0.05, 0.1) is 15.3 Å². The van der Waals surface area contributed by atoms with Crippen molar-refractivity contribution in [3.8, 4) is 10.4 Å². The quantitative estimate of drug-likeness (QED) is 0.782. The van der Waals surface area contributed by atoms with E-state index >= 15 is 0 Å². The molecule has 1 aliphatic heterocycles. The maximum absolute atomic E-state index is 13.7. The van der Waals surface area contributed by atoms with Crippen LogP contribution < -0.4 is 11.1 Å². The van der Waals surface area contributed by atoms with Gasteiger partial charge in [-0.25, -0.2) is 4.98 Å². The van der Waals surface area contributed by atoms with Gasteiger partial charge in [0.1, 0.15) is 5.69 Å². The zero-order chi connectivity index (χ0) is 21.6. The molecule has 0 unspecified atom stereocenters. The molecule has 0 spiro atoms. The number of anilines is 1. The molecule has 8 heteroatoms. The number of thiazole rings is 1.